The van der Waals surface area contributed by atoms with E-state index >= 15 is 0 Å². The van der Waals surface area contributed by atoms with Gasteiger partial charge in [0.15, 0.2) is 0 Å². The molecule has 1 aliphatic rings. The zero-order chi connectivity index (χ0) is 30.4. The van der Waals surface area contributed by atoms with Crippen LogP contribution in [0.5, 0.6) is 0 Å². The van der Waals surface area contributed by atoms with Crippen LogP contribution in [0.15, 0.2) is 91.0 Å². The SMILES string of the molecule is CCC(C)c1cc2c(-c3ccccc3C(C)C)c(C(C)(C)C)ccc2[cH-]1.[Cl][Zr+2][Cl].[c-]1cccc2c1[Si]c1ccccc1-2. The summed E-state index contributed by atoms with van der Waals surface area (Å²) in [6, 6.07) is 36.7. The molecule has 214 valence electrons. The average molecular weight is 687 g/mol. The average Bonchev–Trinajstić information content (AvgIpc) is 3.58. The van der Waals surface area contributed by atoms with E-state index in [4.69, 9.17) is 17.0 Å². The van der Waals surface area contributed by atoms with Crippen molar-refractivity contribution in [1.82, 2.24) is 0 Å². The van der Waals surface area contributed by atoms with Crippen LogP contribution < -0.4 is 10.4 Å². The molecule has 0 N–H and O–H groups in total. The van der Waals surface area contributed by atoms with Crippen molar-refractivity contribution in [2.75, 3.05) is 0 Å². The topological polar surface area (TPSA) is 0 Å². The smallest absolute Gasteiger partial charge is 0.0920 e. The van der Waals surface area contributed by atoms with Crippen molar-refractivity contribution in [3.63, 3.8) is 0 Å². The molecular formula is C38H40Cl2SiZr. The molecule has 0 saturated carbocycles. The van der Waals surface area contributed by atoms with Gasteiger partial charge in [-0.2, -0.15) is 35.5 Å². The van der Waals surface area contributed by atoms with E-state index in [-0.39, 0.29) is 5.41 Å². The van der Waals surface area contributed by atoms with E-state index in [1.807, 2.05) is 6.07 Å². The van der Waals surface area contributed by atoms with Crippen molar-refractivity contribution >= 4 is 47.7 Å². The predicted molar refractivity (Wildman–Crippen MR) is 184 cm³/mol. The number of halogens is 2. The third kappa shape index (κ3) is 7.44. The fraction of sp³-hybridized carbons (Fsp3) is 0.289. The van der Waals surface area contributed by atoms with Gasteiger partial charge in [-0.25, -0.2) is 0 Å². The number of rotatable bonds is 4. The Morgan fingerprint density at radius 1 is 0.857 bits per heavy atom. The molecule has 5 aromatic rings. The van der Waals surface area contributed by atoms with Gasteiger partial charge in [0.2, 0.25) is 0 Å². The summed E-state index contributed by atoms with van der Waals surface area (Å²) in [7, 11) is 10.7. The summed E-state index contributed by atoms with van der Waals surface area (Å²) in [5.41, 5.74) is 10.1. The number of fused-ring (bicyclic) bond motifs is 4. The van der Waals surface area contributed by atoms with Gasteiger partial charge in [0.1, 0.15) is 0 Å². The minimum Gasteiger partial charge on any atom is -0.184 e. The Balaban J connectivity index is 0.000000209. The van der Waals surface area contributed by atoms with Crippen LogP contribution in [0.1, 0.15) is 83.4 Å². The third-order valence-corrected chi connectivity index (χ3v) is 9.46. The van der Waals surface area contributed by atoms with E-state index in [1.54, 1.807) is 0 Å². The molecule has 2 radical (unpaired) electrons. The maximum atomic E-state index is 4.93. The quantitative estimate of drug-likeness (QED) is 0.128. The second kappa shape index (κ2) is 14.8. The van der Waals surface area contributed by atoms with E-state index in [2.05, 4.69) is 139 Å². The Kier molecular flexibility index (Phi) is 11.6. The molecule has 1 unspecified atom stereocenters. The first-order valence-corrected chi connectivity index (χ1v) is 22.1. The van der Waals surface area contributed by atoms with E-state index in [1.165, 1.54) is 66.5 Å². The fourth-order valence-corrected chi connectivity index (χ4v) is 7.00. The van der Waals surface area contributed by atoms with Crippen molar-refractivity contribution in [3.05, 3.63) is 114 Å². The summed E-state index contributed by atoms with van der Waals surface area (Å²) in [5.74, 6) is 1.12. The normalized spacial score (nSPS) is 12.4. The molecule has 42 heavy (non-hydrogen) atoms. The van der Waals surface area contributed by atoms with Gasteiger partial charge in [-0.15, -0.1) is 40.1 Å². The molecule has 0 spiro atoms. The second-order valence-electron chi connectivity index (χ2n) is 12.3. The number of benzene rings is 4. The summed E-state index contributed by atoms with van der Waals surface area (Å²) in [6.45, 7) is 16.2. The summed E-state index contributed by atoms with van der Waals surface area (Å²) < 4.78 is 0. The van der Waals surface area contributed by atoms with Gasteiger partial charge in [0.25, 0.3) is 0 Å². The van der Waals surface area contributed by atoms with E-state index in [0.717, 1.165) is 9.52 Å². The molecule has 6 rings (SSSR count). The molecule has 0 bridgehead atoms. The fourth-order valence-electron chi connectivity index (χ4n) is 5.69. The molecule has 0 aliphatic carbocycles. The molecule has 4 heteroatoms. The molecule has 1 atom stereocenters. The maximum absolute atomic E-state index is 4.93. The largest absolute Gasteiger partial charge is 0.184 e. The Morgan fingerprint density at radius 2 is 1.50 bits per heavy atom. The van der Waals surface area contributed by atoms with Crippen LogP contribution in [0.2, 0.25) is 0 Å². The zero-order valence-electron chi connectivity index (χ0n) is 25.8. The molecule has 1 heterocycles. The summed E-state index contributed by atoms with van der Waals surface area (Å²) in [5, 5.41) is 5.62. The van der Waals surface area contributed by atoms with Gasteiger partial charge >= 0.3 is 37.9 Å². The van der Waals surface area contributed by atoms with Gasteiger partial charge in [-0.05, 0) is 28.4 Å². The predicted octanol–water partition coefficient (Wildman–Crippen LogP) is 10.7. The third-order valence-electron chi connectivity index (χ3n) is 8.09. The van der Waals surface area contributed by atoms with Crippen LogP contribution in [-0.4, -0.2) is 9.52 Å². The van der Waals surface area contributed by atoms with Gasteiger partial charge in [0, 0.05) is 0 Å². The van der Waals surface area contributed by atoms with Gasteiger partial charge in [-0.1, -0.05) is 125 Å². The van der Waals surface area contributed by atoms with Crippen molar-refractivity contribution in [3.8, 4) is 22.3 Å². The van der Waals surface area contributed by atoms with Crippen molar-refractivity contribution in [1.29, 1.82) is 0 Å². The molecule has 1 aliphatic heterocycles. The molecule has 0 nitrogen and oxygen atoms in total. The Labute approximate surface area is 274 Å². The first-order valence-electron chi connectivity index (χ1n) is 14.8. The van der Waals surface area contributed by atoms with Gasteiger partial charge in [-0.3, -0.25) is 0 Å². The van der Waals surface area contributed by atoms with Crippen molar-refractivity contribution in [2.24, 2.45) is 0 Å². The number of hydrogen-bond acceptors (Lipinski definition) is 0. The molecule has 5 aromatic carbocycles. The Hall–Kier alpha value is -1.83. The Bertz CT molecular complexity index is 1580. The van der Waals surface area contributed by atoms with Crippen LogP contribution in [0.25, 0.3) is 33.0 Å². The van der Waals surface area contributed by atoms with Crippen LogP contribution in [0.4, 0.5) is 0 Å². The second-order valence-corrected chi connectivity index (χ2v) is 17.3. The molecular weight excluding hydrogens is 647 g/mol. The molecule has 0 fully saturated rings. The van der Waals surface area contributed by atoms with Crippen molar-refractivity contribution in [2.45, 2.75) is 72.1 Å². The maximum Gasteiger partial charge on any atom is 0.0920 e. The van der Waals surface area contributed by atoms with Crippen LogP contribution in [0, 0.1) is 6.07 Å². The van der Waals surface area contributed by atoms with Crippen LogP contribution >= 0.6 is 17.0 Å². The van der Waals surface area contributed by atoms with Gasteiger partial charge in [0.05, 0.1) is 9.52 Å². The molecule has 0 saturated heterocycles. The summed E-state index contributed by atoms with van der Waals surface area (Å²) >= 11 is -0.826. The van der Waals surface area contributed by atoms with Crippen LogP contribution in [0.3, 0.4) is 0 Å². The van der Waals surface area contributed by atoms with Crippen LogP contribution in [-0.2, 0) is 26.3 Å². The van der Waals surface area contributed by atoms with E-state index in [9.17, 15) is 0 Å². The first-order chi connectivity index (χ1) is 20.1. The Morgan fingerprint density at radius 3 is 2.17 bits per heavy atom. The summed E-state index contributed by atoms with van der Waals surface area (Å²) in [6.07, 6.45) is 1.18. The first kappa shape index (κ1) is 33.1. The minimum atomic E-state index is -0.826. The molecule has 0 amide bonds. The molecule has 0 aromatic heterocycles. The minimum absolute atomic E-state index is 0.113. The number of hydrogen-bond donors (Lipinski definition) is 0. The zero-order valence-corrected chi connectivity index (χ0v) is 30.7. The van der Waals surface area contributed by atoms with Crippen molar-refractivity contribution < 1.29 is 20.8 Å². The van der Waals surface area contributed by atoms with E-state index < -0.39 is 20.8 Å². The van der Waals surface area contributed by atoms with E-state index in [0.29, 0.717) is 11.8 Å². The standard InChI is InChI=1S/C26H33.C12H7Si.2ClH.Zr/c1-8-18(4)20-15-19-13-14-24(26(5,6)7)25(23(19)16-20)22-12-10-9-11-21(22)17(2)3;1-3-7-11-9(5-1)10-6-2-4-8-12(10)13-11;;;/h9-18H,8H2,1-7H3;1-7H;2*1H;/q2*-1;;;+4/p-2. The summed E-state index contributed by atoms with van der Waals surface area (Å²) in [4.78, 5) is 0. The van der Waals surface area contributed by atoms with Gasteiger partial charge < -0.3 is 0 Å². The monoisotopic (exact) mass is 684 g/mol.